The summed E-state index contributed by atoms with van der Waals surface area (Å²) in [6.45, 7) is 2.95. The first-order valence-corrected chi connectivity index (χ1v) is 9.74. The highest BCUT2D eigenvalue weighted by molar-refractivity contribution is 6.30. The fourth-order valence-electron chi connectivity index (χ4n) is 3.95. The Bertz CT molecular complexity index is 936. The number of carbonyl (C=O) groups excluding carboxylic acids is 2. The smallest absolute Gasteiger partial charge is 0.313 e. The van der Waals surface area contributed by atoms with Crippen LogP contribution in [0.4, 0.5) is 20.6 Å². The SMILES string of the molecule is CC1CCc2cc(F)ccc2N1C(=O)CN1CCN(c2cccc(Cl)c2)C1=O. The van der Waals surface area contributed by atoms with E-state index in [4.69, 9.17) is 11.6 Å². The van der Waals surface area contributed by atoms with Gasteiger partial charge in [-0.2, -0.15) is 0 Å². The molecule has 1 saturated heterocycles. The summed E-state index contributed by atoms with van der Waals surface area (Å²) in [7, 11) is 0. The second-order valence-electron chi connectivity index (χ2n) is 7.26. The zero-order chi connectivity index (χ0) is 19.8. The number of fused-ring (bicyclic) bond motifs is 1. The average molecular weight is 402 g/mol. The van der Waals surface area contributed by atoms with Crippen molar-refractivity contribution in [1.29, 1.82) is 0 Å². The number of hydrogen-bond donors (Lipinski definition) is 0. The van der Waals surface area contributed by atoms with E-state index < -0.39 is 0 Å². The molecule has 0 N–H and O–H groups in total. The number of urea groups is 1. The van der Waals surface area contributed by atoms with Crippen LogP contribution in [0.5, 0.6) is 0 Å². The molecule has 2 aliphatic rings. The van der Waals surface area contributed by atoms with Crippen molar-refractivity contribution in [3.63, 3.8) is 0 Å². The van der Waals surface area contributed by atoms with Gasteiger partial charge in [-0.3, -0.25) is 9.69 Å². The van der Waals surface area contributed by atoms with E-state index in [9.17, 15) is 14.0 Å². The third-order valence-electron chi connectivity index (χ3n) is 5.38. The molecule has 1 fully saturated rings. The summed E-state index contributed by atoms with van der Waals surface area (Å²) in [5, 5.41) is 0.561. The lowest BCUT2D eigenvalue weighted by molar-refractivity contribution is -0.119. The third-order valence-corrected chi connectivity index (χ3v) is 5.62. The van der Waals surface area contributed by atoms with Crippen molar-refractivity contribution in [3.05, 3.63) is 58.9 Å². The fraction of sp³-hybridized carbons (Fsp3) is 0.333. The summed E-state index contributed by atoms with van der Waals surface area (Å²) in [6, 6.07) is 11.4. The number of hydrogen-bond acceptors (Lipinski definition) is 2. The van der Waals surface area contributed by atoms with E-state index in [1.807, 2.05) is 13.0 Å². The molecule has 28 heavy (non-hydrogen) atoms. The minimum absolute atomic E-state index is 0.00292. The molecule has 0 aromatic heterocycles. The minimum Gasteiger partial charge on any atom is -0.313 e. The van der Waals surface area contributed by atoms with Gasteiger partial charge in [0.25, 0.3) is 0 Å². The number of carbonyl (C=O) groups is 2. The maximum absolute atomic E-state index is 13.6. The van der Waals surface area contributed by atoms with E-state index in [1.165, 1.54) is 12.1 Å². The van der Waals surface area contributed by atoms with E-state index in [2.05, 4.69) is 0 Å². The molecule has 2 heterocycles. The highest BCUT2D eigenvalue weighted by atomic mass is 35.5. The quantitative estimate of drug-likeness (QED) is 0.777. The Hall–Kier alpha value is -2.60. The maximum Gasteiger partial charge on any atom is 0.325 e. The second kappa shape index (κ2) is 7.43. The van der Waals surface area contributed by atoms with Gasteiger partial charge < -0.3 is 9.80 Å². The summed E-state index contributed by atoms with van der Waals surface area (Å²) in [6.07, 6.45) is 1.51. The molecule has 0 aliphatic carbocycles. The number of anilines is 2. The lowest BCUT2D eigenvalue weighted by atomic mass is 9.96. The third kappa shape index (κ3) is 3.44. The summed E-state index contributed by atoms with van der Waals surface area (Å²) in [5.41, 5.74) is 2.29. The van der Waals surface area contributed by atoms with Gasteiger partial charge in [0.05, 0.1) is 0 Å². The molecule has 4 rings (SSSR count). The number of rotatable bonds is 3. The zero-order valence-corrected chi connectivity index (χ0v) is 16.3. The first-order valence-electron chi connectivity index (χ1n) is 9.36. The molecule has 2 aromatic rings. The summed E-state index contributed by atoms with van der Waals surface area (Å²) >= 11 is 6.03. The highest BCUT2D eigenvalue weighted by Crippen LogP contribution is 2.32. The van der Waals surface area contributed by atoms with Crippen LogP contribution >= 0.6 is 11.6 Å². The van der Waals surface area contributed by atoms with E-state index in [0.29, 0.717) is 18.1 Å². The van der Waals surface area contributed by atoms with Crippen LogP contribution in [0.1, 0.15) is 18.9 Å². The summed E-state index contributed by atoms with van der Waals surface area (Å²) in [4.78, 5) is 30.7. The van der Waals surface area contributed by atoms with Gasteiger partial charge in [-0.15, -0.1) is 0 Å². The minimum atomic E-state index is -0.299. The first kappa shape index (κ1) is 18.7. The summed E-state index contributed by atoms with van der Waals surface area (Å²) < 4.78 is 13.6. The number of nitrogens with zero attached hydrogens (tertiary/aromatic N) is 3. The molecule has 1 atom stereocenters. The topological polar surface area (TPSA) is 43.9 Å². The van der Waals surface area contributed by atoms with Crippen LogP contribution in [-0.2, 0) is 11.2 Å². The Morgan fingerprint density at radius 1 is 1.21 bits per heavy atom. The lowest BCUT2D eigenvalue weighted by Crippen LogP contribution is -2.48. The Morgan fingerprint density at radius 2 is 2.04 bits per heavy atom. The fourth-order valence-corrected chi connectivity index (χ4v) is 4.14. The molecular formula is C21H21ClFN3O2. The van der Waals surface area contributed by atoms with Gasteiger partial charge in [-0.05, 0) is 61.7 Å². The van der Waals surface area contributed by atoms with Gasteiger partial charge in [-0.25, -0.2) is 9.18 Å². The molecule has 2 aliphatic heterocycles. The first-order chi connectivity index (χ1) is 13.4. The zero-order valence-electron chi connectivity index (χ0n) is 15.6. The second-order valence-corrected chi connectivity index (χ2v) is 7.70. The van der Waals surface area contributed by atoms with Crippen molar-refractivity contribution < 1.29 is 14.0 Å². The highest BCUT2D eigenvalue weighted by Gasteiger charge is 2.34. The van der Waals surface area contributed by atoms with Crippen molar-refractivity contribution in [2.45, 2.75) is 25.8 Å². The largest absolute Gasteiger partial charge is 0.325 e. The van der Waals surface area contributed by atoms with Crippen molar-refractivity contribution in [3.8, 4) is 0 Å². The van der Waals surface area contributed by atoms with Gasteiger partial charge in [0, 0.05) is 35.5 Å². The van der Waals surface area contributed by atoms with Crippen molar-refractivity contribution in [1.82, 2.24) is 4.90 Å². The molecule has 3 amide bonds. The standard InChI is InChI=1S/C21H21ClFN3O2/c1-14-5-6-15-11-17(23)7-8-19(15)26(14)20(27)13-24-9-10-25(21(24)28)18-4-2-3-16(22)12-18/h2-4,7-8,11-12,14H,5-6,9-10,13H2,1H3. The molecule has 0 bridgehead atoms. The molecule has 1 unspecified atom stereocenters. The molecule has 7 heteroatoms. The van der Waals surface area contributed by atoms with Crippen LogP contribution < -0.4 is 9.80 Å². The number of halogens is 2. The monoisotopic (exact) mass is 401 g/mol. The van der Waals surface area contributed by atoms with E-state index in [0.717, 1.165) is 29.8 Å². The van der Waals surface area contributed by atoms with Crippen LogP contribution in [0.25, 0.3) is 0 Å². The Labute approximate surface area is 168 Å². The van der Waals surface area contributed by atoms with E-state index >= 15 is 0 Å². The molecule has 0 radical (unpaired) electrons. The summed E-state index contributed by atoms with van der Waals surface area (Å²) in [5.74, 6) is -0.450. The maximum atomic E-state index is 13.6. The van der Waals surface area contributed by atoms with Gasteiger partial charge in [0.15, 0.2) is 0 Å². The predicted octanol–water partition coefficient (Wildman–Crippen LogP) is 4.09. The van der Waals surface area contributed by atoms with Crippen LogP contribution in [0.15, 0.2) is 42.5 Å². The van der Waals surface area contributed by atoms with Crippen molar-refractivity contribution in [2.75, 3.05) is 29.4 Å². The van der Waals surface area contributed by atoms with Gasteiger partial charge in [-0.1, -0.05) is 17.7 Å². The normalized spacial score (nSPS) is 19.2. The van der Waals surface area contributed by atoms with E-state index in [-0.39, 0.29) is 30.3 Å². The van der Waals surface area contributed by atoms with Gasteiger partial charge in [0.1, 0.15) is 12.4 Å². The van der Waals surface area contributed by atoms with Gasteiger partial charge >= 0.3 is 6.03 Å². The molecule has 0 spiro atoms. The Morgan fingerprint density at radius 3 is 2.82 bits per heavy atom. The Kier molecular flexibility index (Phi) is 4.98. The predicted molar refractivity (Wildman–Crippen MR) is 107 cm³/mol. The molecular weight excluding hydrogens is 381 g/mol. The van der Waals surface area contributed by atoms with Crippen LogP contribution in [0.3, 0.4) is 0 Å². The number of benzene rings is 2. The van der Waals surface area contributed by atoms with Crippen LogP contribution in [0.2, 0.25) is 5.02 Å². The van der Waals surface area contributed by atoms with E-state index in [1.54, 1.807) is 39.0 Å². The molecule has 146 valence electrons. The Balaban J connectivity index is 1.51. The van der Waals surface area contributed by atoms with Crippen LogP contribution in [0, 0.1) is 5.82 Å². The molecule has 0 saturated carbocycles. The number of aryl methyl sites for hydroxylation is 1. The number of amides is 3. The van der Waals surface area contributed by atoms with Crippen molar-refractivity contribution >= 4 is 34.9 Å². The molecule has 2 aromatic carbocycles. The lowest BCUT2D eigenvalue weighted by Gasteiger charge is -2.36. The van der Waals surface area contributed by atoms with Gasteiger partial charge in [0.2, 0.25) is 5.91 Å². The van der Waals surface area contributed by atoms with Crippen LogP contribution in [-0.4, -0.2) is 42.5 Å². The van der Waals surface area contributed by atoms with Crippen molar-refractivity contribution in [2.24, 2.45) is 0 Å². The average Bonchev–Trinajstić information content (AvgIpc) is 3.02. The molecule has 5 nitrogen and oxygen atoms in total.